The smallest absolute Gasteiger partial charge is 0.286 e. The molecule has 1 aromatic carbocycles. The molecule has 37 heavy (non-hydrogen) atoms. The van der Waals surface area contributed by atoms with Crippen LogP contribution in [0.3, 0.4) is 0 Å². The minimum atomic E-state index is -3.15. The first-order chi connectivity index (χ1) is 17.7. The summed E-state index contributed by atoms with van der Waals surface area (Å²) in [7, 11) is 0. The van der Waals surface area contributed by atoms with Gasteiger partial charge in [-0.1, -0.05) is 6.07 Å². The molecule has 3 N–H and O–H groups in total. The van der Waals surface area contributed by atoms with Crippen LogP contribution in [0.1, 0.15) is 42.4 Å². The first kappa shape index (κ1) is 26.4. The third-order valence-electron chi connectivity index (χ3n) is 5.90. The molecular weight excluding hydrogens is 480 g/mol. The third-order valence-corrected chi connectivity index (χ3v) is 5.90. The molecule has 196 valence electrons. The second-order valence-electron chi connectivity index (χ2n) is 9.16. The molecule has 0 saturated carbocycles. The minimum absolute atomic E-state index is 0.0438. The number of anilines is 2. The topological polar surface area (TPSA) is 103 Å². The van der Waals surface area contributed by atoms with E-state index in [0.717, 1.165) is 35.4 Å². The number of benzene rings is 1. The number of carbonyl (C=O) groups is 1. The number of carbonyl (C=O) groups excluding carboxylic acids is 1. The first-order valence-electron chi connectivity index (χ1n) is 12.1. The van der Waals surface area contributed by atoms with Crippen LogP contribution in [0.15, 0.2) is 48.8 Å². The van der Waals surface area contributed by atoms with Crippen molar-refractivity contribution in [3.05, 3.63) is 65.6 Å². The Labute approximate surface area is 214 Å². The molecule has 1 aliphatic heterocycles. The lowest BCUT2D eigenvalue weighted by molar-refractivity contribution is 0.0127. The van der Waals surface area contributed by atoms with E-state index in [2.05, 4.69) is 20.2 Å². The van der Waals surface area contributed by atoms with Crippen LogP contribution in [-0.2, 0) is 17.2 Å². The zero-order valence-electron chi connectivity index (χ0n) is 21.1. The lowest BCUT2D eigenvalue weighted by Crippen LogP contribution is -2.36. The molecule has 10 heteroatoms. The van der Waals surface area contributed by atoms with Crippen LogP contribution in [-0.4, -0.2) is 48.3 Å². The van der Waals surface area contributed by atoms with Crippen LogP contribution < -0.4 is 20.7 Å². The van der Waals surface area contributed by atoms with Gasteiger partial charge >= 0.3 is 0 Å². The van der Waals surface area contributed by atoms with Crippen molar-refractivity contribution in [3.63, 3.8) is 0 Å². The number of morpholine rings is 1. The van der Waals surface area contributed by atoms with Crippen LogP contribution in [0.2, 0.25) is 0 Å². The number of hydrogen-bond donors (Lipinski definition) is 2. The fourth-order valence-electron chi connectivity index (χ4n) is 4.05. The summed E-state index contributed by atoms with van der Waals surface area (Å²) < 4.78 is 38.8. The summed E-state index contributed by atoms with van der Waals surface area (Å²) in [5, 5.41) is 2.79. The van der Waals surface area contributed by atoms with E-state index < -0.39 is 17.5 Å². The monoisotopic (exact) mass is 511 g/mol. The molecule has 0 bridgehead atoms. The normalized spacial score (nSPS) is 14.1. The molecule has 0 aliphatic carbocycles. The third kappa shape index (κ3) is 6.39. The number of halogens is 2. The highest BCUT2D eigenvalue weighted by Gasteiger charge is 2.27. The van der Waals surface area contributed by atoms with Crippen molar-refractivity contribution < 1.29 is 23.0 Å². The van der Waals surface area contributed by atoms with Crippen LogP contribution in [0.25, 0.3) is 11.1 Å². The van der Waals surface area contributed by atoms with Crippen molar-refractivity contribution in [1.82, 2.24) is 9.97 Å². The summed E-state index contributed by atoms with van der Waals surface area (Å²) in [4.78, 5) is 23.3. The van der Waals surface area contributed by atoms with Gasteiger partial charge in [0.1, 0.15) is 11.4 Å². The van der Waals surface area contributed by atoms with Crippen molar-refractivity contribution >= 4 is 17.3 Å². The quantitative estimate of drug-likeness (QED) is 0.456. The highest BCUT2D eigenvalue weighted by molar-refractivity contribution is 6.04. The number of alkyl halides is 2. The summed E-state index contributed by atoms with van der Waals surface area (Å²) in [5.74, 6) is -3.13. The summed E-state index contributed by atoms with van der Waals surface area (Å²) >= 11 is 0. The number of hydrogen-bond acceptors (Lipinski definition) is 7. The fraction of sp³-hybridized carbons (Fsp3) is 0.370. The lowest BCUT2D eigenvalue weighted by Gasteiger charge is -2.30. The largest absolute Gasteiger partial charge is 0.473 e. The van der Waals surface area contributed by atoms with Crippen LogP contribution in [0.5, 0.6) is 5.88 Å². The number of aromatic nitrogens is 2. The average molecular weight is 512 g/mol. The summed E-state index contributed by atoms with van der Waals surface area (Å²) in [5.41, 5.74) is 9.47. The van der Waals surface area contributed by atoms with Gasteiger partial charge in [-0.2, -0.15) is 8.78 Å². The summed E-state index contributed by atoms with van der Waals surface area (Å²) in [6.07, 6.45) is 2.88. The van der Waals surface area contributed by atoms with Crippen molar-refractivity contribution in [2.75, 3.05) is 36.5 Å². The molecule has 1 fully saturated rings. The van der Waals surface area contributed by atoms with Crippen LogP contribution in [0, 0.1) is 0 Å². The molecule has 2 aromatic heterocycles. The average Bonchev–Trinajstić information content (AvgIpc) is 2.88. The molecule has 0 spiro atoms. The second-order valence-corrected chi connectivity index (χ2v) is 9.16. The molecule has 4 rings (SSSR count). The van der Waals surface area contributed by atoms with Crippen molar-refractivity contribution in [1.29, 1.82) is 0 Å². The highest BCUT2D eigenvalue weighted by atomic mass is 19.3. The van der Waals surface area contributed by atoms with E-state index in [9.17, 15) is 13.6 Å². The van der Waals surface area contributed by atoms with Gasteiger partial charge in [-0.3, -0.25) is 9.78 Å². The summed E-state index contributed by atoms with van der Waals surface area (Å²) in [6.45, 7) is 7.57. The van der Waals surface area contributed by atoms with Gasteiger partial charge in [0.15, 0.2) is 0 Å². The maximum Gasteiger partial charge on any atom is 0.286 e. The van der Waals surface area contributed by atoms with E-state index in [-0.39, 0.29) is 18.2 Å². The van der Waals surface area contributed by atoms with Gasteiger partial charge in [0.05, 0.1) is 19.3 Å². The Morgan fingerprint density at radius 2 is 1.95 bits per heavy atom. The van der Waals surface area contributed by atoms with Gasteiger partial charge in [0.2, 0.25) is 5.88 Å². The van der Waals surface area contributed by atoms with Crippen molar-refractivity contribution in [2.24, 2.45) is 5.73 Å². The van der Waals surface area contributed by atoms with Crippen molar-refractivity contribution in [2.45, 2.75) is 39.3 Å². The Morgan fingerprint density at radius 3 is 2.62 bits per heavy atom. The minimum Gasteiger partial charge on any atom is -0.473 e. The van der Waals surface area contributed by atoms with E-state index in [4.69, 9.17) is 15.2 Å². The van der Waals surface area contributed by atoms with Gasteiger partial charge in [-0.05, 0) is 55.3 Å². The van der Waals surface area contributed by atoms with E-state index in [1.54, 1.807) is 18.3 Å². The molecule has 0 unspecified atom stereocenters. The van der Waals surface area contributed by atoms with E-state index in [1.807, 2.05) is 26.0 Å². The number of amides is 1. The molecule has 8 nitrogen and oxygen atoms in total. The number of nitrogens with two attached hydrogens (primary N) is 1. The Hall–Kier alpha value is -3.63. The summed E-state index contributed by atoms with van der Waals surface area (Å²) in [6, 6.07) is 9.86. The van der Waals surface area contributed by atoms with Gasteiger partial charge in [-0.25, -0.2) is 4.98 Å². The van der Waals surface area contributed by atoms with Gasteiger partial charge in [0.25, 0.3) is 11.8 Å². The van der Waals surface area contributed by atoms with Gasteiger partial charge < -0.3 is 25.4 Å². The Kier molecular flexibility index (Phi) is 7.99. The van der Waals surface area contributed by atoms with E-state index in [0.29, 0.717) is 37.9 Å². The predicted molar refractivity (Wildman–Crippen MR) is 138 cm³/mol. The molecule has 1 amide bonds. The number of nitrogens with zero attached hydrogens (tertiary/aromatic N) is 3. The predicted octanol–water partition coefficient (Wildman–Crippen LogP) is 4.59. The Morgan fingerprint density at radius 1 is 1.19 bits per heavy atom. The maximum absolute atomic E-state index is 13.7. The maximum atomic E-state index is 13.7. The van der Waals surface area contributed by atoms with Crippen LogP contribution >= 0.6 is 0 Å². The number of nitrogens with one attached hydrogen (secondary N) is 1. The molecule has 0 radical (unpaired) electrons. The number of pyridine rings is 2. The molecule has 0 atom stereocenters. The van der Waals surface area contributed by atoms with E-state index >= 15 is 0 Å². The molecular formula is C27H31F2N5O3. The lowest BCUT2D eigenvalue weighted by atomic mass is 9.99. The van der Waals surface area contributed by atoms with Gasteiger partial charge in [0, 0.05) is 55.8 Å². The van der Waals surface area contributed by atoms with E-state index in [1.165, 1.54) is 12.3 Å². The second kappa shape index (κ2) is 11.2. The molecule has 1 aliphatic rings. The first-order valence-corrected chi connectivity index (χ1v) is 12.1. The zero-order valence-corrected chi connectivity index (χ0v) is 21.1. The molecule has 1 saturated heterocycles. The van der Waals surface area contributed by atoms with Gasteiger partial charge in [-0.15, -0.1) is 0 Å². The Balaban J connectivity index is 1.67. The number of rotatable bonds is 8. The standard InChI is InChI=1S/C27H31F2N5O3/c1-17(2)37-26-23(34-8-10-36-11-9-34)12-20(16-32-26)22-14-21(5-4-19(22)15-30)33-25(35)18-6-7-31-24(13-18)27(3,28)29/h4-7,12-14,16-17H,8-11,15,30H2,1-3H3,(H,33,35). The molecule has 3 heterocycles. The van der Waals surface area contributed by atoms with Crippen molar-refractivity contribution in [3.8, 4) is 17.0 Å². The zero-order chi connectivity index (χ0) is 26.6. The molecule has 3 aromatic rings. The van der Waals surface area contributed by atoms with Crippen LogP contribution in [0.4, 0.5) is 20.2 Å². The Bertz CT molecular complexity index is 1260. The SMILES string of the molecule is CC(C)Oc1ncc(-c2cc(NC(=O)c3ccnc(C(C)(F)F)c3)ccc2CN)cc1N1CCOCC1. The highest BCUT2D eigenvalue weighted by Crippen LogP contribution is 2.35. The fourth-order valence-corrected chi connectivity index (χ4v) is 4.05. The number of ether oxygens (including phenoxy) is 2.